The van der Waals surface area contributed by atoms with Gasteiger partial charge in [-0.25, -0.2) is 0 Å². The van der Waals surface area contributed by atoms with Crippen LogP contribution >= 0.6 is 22.9 Å². The Balaban J connectivity index is 2.49. The van der Waals surface area contributed by atoms with E-state index in [-0.39, 0.29) is 0 Å². The second-order valence-corrected chi connectivity index (χ2v) is 4.75. The predicted molar refractivity (Wildman–Crippen MR) is 67.4 cm³/mol. The summed E-state index contributed by atoms with van der Waals surface area (Å²) in [5.41, 5.74) is 9.10. The molecular weight excluding hydrogens is 226 g/mol. The molecule has 0 radical (unpaired) electrons. The largest absolute Gasteiger partial charge is 0.326 e. The van der Waals surface area contributed by atoms with Crippen LogP contribution < -0.4 is 5.73 Å². The monoisotopic (exact) mass is 237 g/mol. The Morgan fingerprint density at radius 3 is 2.87 bits per heavy atom. The number of halogens is 1. The van der Waals surface area contributed by atoms with Crippen molar-refractivity contribution < 1.29 is 0 Å². The van der Waals surface area contributed by atoms with Crippen LogP contribution in [0.4, 0.5) is 0 Å². The highest BCUT2D eigenvalue weighted by atomic mass is 35.5. The Bertz CT molecular complexity index is 476. The lowest BCUT2D eigenvalue weighted by Crippen LogP contribution is -1.92. The molecule has 0 amide bonds. The fourth-order valence-corrected chi connectivity index (χ4v) is 2.68. The van der Waals surface area contributed by atoms with E-state index in [1.165, 1.54) is 16.0 Å². The van der Waals surface area contributed by atoms with Gasteiger partial charge in [0.2, 0.25) is 0 Å². The van der Waals surface area contributed by atoms with Crippen LogP contribution in [0.1, 0.15) is 11.1 Å². The summed E-state index contributed by atoms with van der Waals surface area (Å²) in [5.74, 6) is 0. The van der Waals surface area contributed by atoms with E-state index < -0.39 is 0 Å². The van der Waals surface area contributed by atoms with Crippen molar-refractivity contribution in [3.63, 3.8) is 0 Å². The van der Waals surface area contributed by atoms with E-state index in [2.05, 4.69) is 17.5 Å². The van der Waals surface area contributed by atoms with Crippen molar-refractivity contribution in [3.8, 4) is 10.4 Å². The standard InChI is InChI=1S/C12H12ClNS/c1-8-10(3-2-4-11(8)13)12-5-9(6-14)7-15-12/h2-5,7H,6,14H2,1H3. The number of benzene rings is 1. The van der Waals surface area contributed by atoms with Crippen LogP contribution in [0.2, 0.25) is 5.02 Å². The van der Waals surface area contributed by atoms with E-state index in [1.807, 2.05) is 19.1 Å². The lowest BCUT2D eigenvalue weighted by Gasteiger charge is -2.04. The summed E-state index contributed by atoms with van der Waals surface area (Å²) in [4.78, 5) is 1.23. The smallest absolute Gasteiger partial charge is 0.0441 e. The first-order chi connectivity index (χ1) is 7.22. The molecule has 1 aromatic heterocycles. The van der Waals surface area contributed by atoms with Gasteiger partial charge in [0.15, 0.2) is 0 Å². The van der Waals surface area contributed by atoms with Gasteiger partial charge in [0.25, 0.3) is 0 Å². The first-order valence-electron chi connectivity index (χ1n) is 4.75. The van der Waals surface area contributed by atoms with Crippen LogP contribution in [0.5, 0.6) is 0 Å². The first-order valence-corrected chi connectivity index (χ1v) is 6.01. The zero-order valence-electron chi connectivity index (χ0n) is 8.46. The van der Waals surface area contributed by atoms with Gasteiger partial charge < -0.3 is 5.73 Å². The van der Waals surface area contributed by atoms with Crippen molar-refractivity contribution in [1.29, 1.82) is 0 Å². The number of hydrogen-bond donors (Lipinski definition) is 1. The topological polar surface area (TPSA) is 26.0 Å². The molecule has 78 valence electrons. The molecular formula is C12H12ClNS. The van der Waals surface area contributed by atoms with Crippen molar-refractivity contribution in [2.45, 2.75) is 13.5 Å². The summed E-state index contributed by atoms with van der Waals surface area (Å²) >= 11 is 7.80. The molecule has 0 unspecified atom stereocenters. The Hall–Kier alpha value is -0.830. The second kappa shape index (κ2) is 4.35. The van der Waals surface area contributed by atoms with Gasteiger partial charge in [0.05, 0.1) is 0 Å². The molecule has 0 fully saturated rings. The molecule has 2 aromatic rings. The van der Waals surface area contributed by atoms with Crippen LogP contribution in [0.25, 0.3) is 10.4 Å². The normalized spacial score (nSPS) is 10.6. The van der Waals surface area contributed by atoms with Gasteiger partial charge in [0, 0.05) is 16.4 Å². The Labute approximate surface area is 98.5 Å². The molecule has 1 aromatic carbocycles. The van der Waals surface area contributed by atoms with Crippen LogP contribution in [0.15, 0.2) is 29.6 Å². The maximum Gasteiger partial charge on any atom is 0.0441 e. The second-order valence-electron chi connectivity index (χ2n) is 3.44. The van der Waals surface area contributed by atoms with Gasteiger partial charge in [0.1, 0.15) is 0 Å². The Morgan fingerprint density at radius 2 is 2.20 bits per heavy atom. The molecule has 0 aliphatic rings. The van der Waals surface area contributed by atoms with Crippen LogP contribution in [0.3, 0.4) is 0 Å². The average molecular weight is 238 g/mol. The summed E-state index contributed by atoms with van der Waals surface area (Å²) in [6.45, 7) is 2.63. The lowest BCUT2D eigenvalue weighted by atomic mass is 10.1. The van der Waals surface area contributed by atoms with Crippen molar-refractivity contribution in [2.75, 3.05) is 0 Å². The number of nitrogens with two attached hydrogens (primary N) is 1. The van der Waals surface area contributed by atoms with Gasteiger partial charge in [-0.05, 0) is 41.1 Å². The molecule has 0 aliphatic heterocycles. The fourth-order valence-electron chi connectivity index (χ4n) is 1.50. The SMILES string of the molecule is Cc1c(Cl)cccc1-c1cc(CN)cs1. The molecule has 0 saturated carbocycles. The summed E-state index contributed by atoms with van der Waals surface area (Å²) in [7, 11) is 0. The lowest BCUT2D eigenvalue weighted by molar-refractivity contribution is 1.08. The molecule has 15 heavy (non-hydrogen) atoms. The van der Waals surface area contributed by atoms with Crippen molar-refractivity contribution in [1.82, 2.24) is 0 Å². The van der Waals surface area contributed by atoms with E-state index in [0.29, 0.717) is 6.54 Å². The van der Waals surface area contributed by atoms with E-state index in [4.69, 9.17) is 17.3 Å². The summed E-state index contributed by atoms with van der Waals surface area (Å²) in [5, 5.41) is 2.91. The van der Waals surface area contributed by atoms with Crippen molar-refractivity contribution in [2.24, 2.45) is 5.73 Å². The van der Waals surface area contributed by atoms with E-state index >= 15 is 0 Å². The number of thiophene rings is 1. The van der Waals surface area contributed by atoms with E-state index in [1.54, 1.807) is 11.3 Å². The van der Waals surface area contributed by atoms with Gasteiger partial charge in [-0.2, -0.15) is 0 Å². The first kappa shape index (κ1) is 10.7. The molecule has 0 bridgehead atoms. The van der Waals surface area contributed by atoms with E-state index in [9.17, 15) is 0 Å². The minimum Gasteiger partial charge on any atom is -0.326 e. The minimum absolute atomic E-state index is 0.593. The molecule has 0 atom stereocenters. The van der Waals surface area contributed by atoms with Gasteiger partial charge >= 0.3 is 0 Å². The van der Waals surface area contributed by atoms with Gasteiger partial charge in [-0.1, -0.05) is 23.7 Å². The summed E-state index contributed by atoms with van der Waals surface area (Å²) in [6.07, 6.45) is 0. The van der Waals surface area contributed by atoms with Gasteiger partial charge in [-0.15, -0.1) is 11.3 Å². The molecule has 0 saturated heterocycles. The highest BCUT2D eigenvalue weighted by Crippen LogP contribution is 2.32. The highest BCUT2D eigenvalue weighted by Gasteiger charge is 2.06. The maximum absolute atomic E-state index is 6.08. The van der Waals surface area contributed by atoms with Gasteiger partial charge in [-0.3, -0.25) is 0 Å². The number of rotatable bonds is 2. The Morgan fingerprint density at radius 1 is 1.40 bits per heavy atom. The van der Waals surface area contributed by atoms with Crippen LogP contribution in [0, 0.1) is 6.92 Å². The third-order valence-corrected chi connectivity index (χ3v) is 3.84. The highest BCUT2D eigenvalue weighted by molar-refractivity contribution is 7.13. The molecule has 1 heterocycles. The fraction of sp³-hybridized carbons (Fsp3) is 0.167. The zero-order valence-corrected chi connectivity index (χ0v) is 10.0. The predicted octanol–water partition coefficient (Wildman–Crippen LogP) is 3.84. The quantitative estimate of drug-likeness (QED) is 0.844. The molecule has 2 rings (SSSR count). The average Bonchev–Trinajstić information content (AvgIpc) is 2.70. The van der Waals surface area contributed by atoms with Crippen molar-refractivity contribution in [3.05, 3.63) is 45.8 Å². The molecule has 2 N–H and O–H groups in total. The molecule has 3 heteroatoms. The molecule has 0 spiro atoms. The van der Waals surface area contributed by atoms with E-state index in [0.717, 1.165) is 10.6 Å². The van der Waals surface area contributed by atoms with Crippen molar-refractivity contribution >= 4 is 22.9 Å². The minimum atomic E-state index is 0.593. The summed E-state index contributed by atoms with van der Waals surface area (Å²) < 4.78 is 0. The van der Waals surface area contributed by atoms with Crippen LogP contribution in [-0.2, 0) is 6.54 Å². The molecule has 0 aliphatic carbocycles. The number of hydrogen-bond acceptors (Lipinski definition) is 2. The zero-order chi connectivity index (χ0) is 10.8. The molecule has 1 nitrogen and oxygen atoms in total. The third-order valence-electron chi connectivity index (χ3n) is 2.42. The Kier molecular flexibility index (Phi) is 3.10. The maximum atomic E-state index is 6.08. The van der Waals surface area contributed by atoms with Crippen LogP contribution in [-0.4, -0.2) is 0 Å². The third kappa shape index (κ3) is 2.07. The summed E-state index contributed by atoms with van der Waals surface area (Å²) in [6, 6.07) is 8.11.